The summed E-state index contributed by atoms with van der Waals surface area (Å²) < 4.78 is 5.85. The van der Waals surface area contributed by atoms with Crippen LogP contribution in [-0.4, -0.2) is 25.0 Å². The van der Waals surface area contributed by atoms with Gasteiger partial charge in [0.15, 0.2) is 9.79 Å². The van der Waals surface area contributed by atoms with Crippen molar-refractivity contribution < 1.29 is 4.74 Å². The second kappa shape index (κ2) is 6.40. The molecule has 0 aliphatic heterocycles. The predicted molar refractivity (Wildman–Crippen MR) is 87.9 cm³/mol. The van der Waals surface area contributed by atoms with Crippen molar-refractivity contribution in [1.82, 2.24) is 0 Å². The molecule has 0 N–H and O–H groups in total. The molecule has 0 unspecified atom stereocenters. The van der Waals surface area contributed by atoms with E-state index in [-0.39, 0.29) is 0 Å². The van der Waals surface area contributed by atoms with Gasteiger partial charge in [-0.25, -0.2) is 0 Å². The summed E-state index contributed by atoms with van der Waals surface area (Å²) >= 11 is 0. The van der Waals surface area contributed by atoms with Gasteiger partial charge in [0.25, 0.3) is 0 Å². The summed E-state index contributed by atoms with van der Waals surface area (Å²) in [5, 5.41) is 0. The van der Waals surface area contributed by atoms with Crippen molar-refractivity contribution >= 4 is 21.8 Å². The van der Waals surface area contributed by atoms with Crippen molar-refractivity contribution in [2.24, 2.45) is 0 Å². The van der Waals surface area contributed by atoms with Crippen LogP contribution in [0.5, 0.6) is 11.5 Å². The molecule has 1 nitrogen and oxygen atoms in total. The molecule has 0 bridgehead atoms. The van der Waals surface area contributed by atoms with Crippen LogP contribution < -0.4 is 4.74 Å². The fraction of sp³-hybridized carbons (Fsp3) is 0.250. The predicted octanol–water partition coefficient (Wildman–Crippen LogP) is 3.95. The molecular formula is C16H20OS2+2. The highest BCUT2D eigenvalue weighted by Crippen LogP contribution is 2.24. The molecule has 0 aliphatic carbocycles. The fourth-order valence-electron chi connectivity index (χ4n) is 1.70. The van der Waals surface area contributed by atoms with Gasteiger partial charge < -0.3 is 4.74 Å². The van der Waals surface area contributed by atoms with Crippen molar-refractivity contribution in [3.63, 3.8) is 0 Å². The minimum absolute atomic E-state index is 0.303. The molecule has 0 heterocycles. The molecule has 19 heavy (non-hydrogen) atoms. The Morgan fingerprint density at radius 3 is 1.16 bits per heavy atom. The van der Waals surface area contributed by atoms with Crippen molar-refractivity contribution in [2.75, 3.05) is 25.0 Å². The molecule has 0 saturated carbocycles. The van der Waals surface area contributed by atoms with Gasteiger partial charge in [0.1, 0.15) is 36.5 Å². The maximum Gasteiger partial charge on any atom is 0.154 e. The third kappa shape index (κ3) is 3.95. The second-order valence-electron chi connectivity index (χ2n) is 4.68. The molecule has 0 spiro atoms. The maximum absolute atomic E-state index is 5.85. The highest BCUT2D eigenvalue weighted by molar-refractivity contribution is 7.95. The summed E-state index contributed by atoms with van der Waals surface area (Å²) in [5.74, 6) is 1.79. The van der Waals surface area contributed by atoms with Crippen LogP contribution in [0.25, 0.3) is 0 Å². The third-order valence-corrected chi connectivity index (χ3v) is 5.26. The molecule has 0 amide bonds. The van der Waals surface area contributed by atoms with E-state index in [1.807, 2.05) is 24.3 Å². The first-order chi connectivity index (χ1) is 9.06. The first-order valence-corrected chi connectivity index (χ1v) is 10.2. The van der Waals surface area contributed by atoms with E-state index in [2.05, 4.69) is 49.3 Å². The Hall–Kier alpha value is -1.06. The minimum Gasteiger partial charge on any atom is -0.457 e. The van der Waals surface area contributed by atoms with Crippen molar-refractivity contribution in [3.8, 4) is 11.5 Å². The van der Waals surface area contributed by atoms with Crippen LogP contribution in [0.3, 0.4) is 0 Å². The van der Waals surface area contributed by atoms with Gasteiger partial charge in [-0.1, -0.05) is 0 Å². The lowest BCUT2D eigenvalue weighted by Gasteiger charge is -2.06. The molecular weight excluding hydrogens is 272 g/mol. The van der Waals surface area contributed by atoms with Gasteiger partial charge >= 0.3 is 0 Å². The molecule has 0 radical (unpaired) electrons. The van der Waals surface area contributed by atoms with E-state index in [0.29, 0.717) is 21.8 Å². The Morgan fingerprint density at radius 1 is 0.579 bits per heavy atom. The minimum atomic E-state index is 0.303. The van der Waals surface area contributed by atoms with Gasteiger partial charge in [-0.2, -0.15) is 0 Å². The maximum atomic E-state index is 5.85. The standard InChI is InChI=1S/C16H20OS2/c1-18(2)15-9-5-13(6-10-15)17-14-7-11-16(12-8-14)19(3)4/h5-12H,1-4H3/q+2. The van der Waals surface area contributed by atoms with Gasteiger partial charge in [-0.05, 0) is 48.5 Å². The first kappa shape index (κ1) is 14.4. The van der Waals surface area contributed by atoms with E-state index in [1.54, 1.807) is 0 Å². The number of hydrogen-bond donors (Lipinski definition) is 0. The van der Waals surface area contributed by atoms with Crippen LogP contribution in [0.1, 0.15) is 0 Å². The zero-order valence-corrected chi connectivity index (χ0v) is 13.5. The largest absolute Gasteiger partial charge is 0.457 e. The topological polar surface area (TPSA) is 9.23 Å². The molecule has 0 saturated heterocycles. The Kier molecular flexibility index (Phi) is 4.83. The summed E-state index contributed by atoms with van der Waals surface area (Å²) in [6, 6.07) is 16.7. The summed E-state index contributed by atoms with van der Waals surface area (Å²) in [5.41, 5.74) is 0. The second-order valence-corrected chi connectivity index (χ2v) is 8.89. The zero-order valence-electron chi connectivity index (χ0n) is 11.8. The smallest absolute Gasteiger partial charge is 0.154 e. The van der Waals surface area contributed by atoms with Crippen molar-refractivity contribution in [1.29, 1.82) is 0 Å². The zero-order chi connectivity index (χ0) is 13.8. The Balaban J connectivity index is 2.08. The van der Waals surface area contributed by atoms with E-state index >= 15 is 0 Å². The summed E-state index contributed by atoms with van der Waals surface area (Å²) in [7, 11) is 0.607. The molecule has 2 aromatic carbocycles. The lowest BCUT2D eigenvalue weighted by Crippen LogP contribution is -1.96. The lowest BCUT2D eigenvalue weighted by molar-refractivity contribution is 0.482. The Morgan fingerprint density at radius 2 is 0.895 bits per heavy atom. The molecule has 100 valence electrons. The number of rotatable bonds is 4. The molecule has 2 rings (SSSR count). The highest BCUT2D eigenvalue weighted by Gasteiger charge is 2.09. The highest BCUT2D eigenvalue weighted by atomic mass is 32.2. The van der Waals surface area contributed by atoms with Gasteiger partial charge in [0.2, 0.25) is 0 Å². The van der Waals surface area contributed by atoms with E-state index < -0.39 is 0 Å². The van der Waals surface area contributed by atoms with Crippen LogP contribution in [0.4, 0.5) is 0 Å². The average Bonchev–Trinajstić information content (AvgIpc) is 2.40. The lowest BCUT2D eigenvalue weighted by atomic mass is 10.3. The molecule has 0 fully saturated rings. The van der Waals surface area contributed by atoms with Crippen LogP contribution in [0, 0.1) is 0 Å². The van der Waals surface area contributed by atoms with Gasteiger partial charge in [0.05, 0.1) is 0 Å². The van der Waals surface area contributed by atoms with Gasteiger partial charge in [-0.3, -0.25) is 0 Å². The molecule has 0 aliphatic rings. The monoisotopic (exact) mass is 292 g/mol. The van der Waals surface area contributed by atoms with Gasteiger partial charge in [-0.15, -0.1) is 0 Å². The van der Waals surface area contributed by atoms with Crippen LogP contribution in [0.2, 0.25) is 0 Å². The summed E-state index contributed by atoms with van der Waals surface area (Å²) in [6.07, 6.45) is 8.89. The van der Waals surface area contributed by atoms with E-state index in [1.165, 1.54) is 9.79 Å². The van der Waals surface area contributed by atoms with Crippen LogP contribution in [-0.2, 0) is 21.8 Å². The number of ether oxygens (including phenoxy) is 1. The van der Waals surface area contributed by atoms with Crippen LogP contribution in [0.15, 0.2) is 58.3 Å². The normalized spacial score (nSPS) is 11.1. The average molecular weight is 292 g/mol. The molecule has 0 atom stereocenters. The quantitative estimate of drug-likeness (QED) is 0.775. The van der Waals surface area contributed by atoms with Crippen LogP contribution >= 0.6 is 0 Å². The van der Waals surface area contributed by atoms with E-state index in [0.717, 1.165) is 11.5 Å². The summed E-state index contributed by atoms with van der Waals surface area (Å²) in [4.78, 5) is 2.73. The third-order valence-electron chi connectivity index (χ3n) is 2.83. The molecule has 0 aromatic heterocycles. The molecule has 3 heteroatoms. The van der Waals surface area contributed by atoms with Gasteiger partial charge in [0, 0.05) is 21.8 Å². The number of benzene rings is 2. The van der Waals surface area contributed by atoms with E-state index in [4.69, 9.17) is 4.74 Å². The summed E-state index contributed by atoms with van der Waals surface area (Å²) in [6.45, 7) is 0. The van der Waals surface area contributed by atoms with Crippen molar-refractivity contribution in [3.05, 3.63) is 48.5 Å². The van der Waals surface area contributed by atoms with E-state index in [9.17, 15) is 0 Å². The fourth-order valence-corrected chi connectivity index (χ4v) is 3.06. The molecule has 2 aromatic rings. The Bertz CT molecular complexity index is 466. The first-order valence-electron chi connectivity index (χ1n) is 6.09. The SMILES string of the molecule is C[S+](C)c1ccc(Oc2ccc([S+](C)C)cc2)cc1. The van der Waals surface area contributed by atoms with Crippen molar-refractivity contribution in [2.45, 2.75) is 9.79 Å². The Labute approximate surface area is 121 Å². The number of hydrogen-bond acceptors (Lipinski definition) is 1.